The highest BCUT2D eigenvalue weighted by Crippen LogP contribution is 2.08. The van der Waals surface area contributed by atoms with Crippen LogP contribution in [0.1, 0.15) is 16.1 Å². The molecule has 0 unspecified atom stereocenters. The van der Waals surface area contributed by atoms with Crippen molar-refractivity contribution in [3.05, 3.63) is 48.0 Å². The van der Waals surface area contributed by atoms with Crippen molar-refractivity contribution in [1.29, 1.82) is 0 Å². The van der Waals surface area contributed by atoms with Crippen molar-refractivity contribution in [3.63, 3.8) is 0 Å². The quantitative estimate of drug-likeness (QED) is 0.739. The molecule has 1 amide bonds. The summed E-state index contributed by atoms with van der Waals surface area (Å²) >= 11 is 0. The molecule has 0 aliphatic heterocycles. The first-order valence-corrected chi connectivity index (χ1v) is 5.29. The fraction of sp³-hybridized carbons (Fsp3) is 0.167. The van der Waals surface area contributed by atoms with E-state index < -0.39 is 0 Å². The Kier molecular flexibility index (Phi) is 3.52. The van der Waals surface area contributed by atoms with Gasteiger partial charge in [-0.2, -0.15) is 0 Å². The molecule has 0 saturated heterocycles. The average Bonchev–Trinajstić information content (AvgIpc) is 2.83. The molecular weight excluding hydrogens is 218 g/mol. The molecule has 0 aliphatic rings. The molecule has 2 heterocycles. The number of aliphatic hydroxyl groups is 1. The molecule has 0 atom stereocenters. The van der Waals surface area contributed by atoms with E-state index in [9.17, 15) is 4.79 Å². The molecule has 2 aromatic heterocycles. The molecular formula is C12H13N3O2. The molecule has 5 nitrogen and oxygen atoms in total. The fourth-order valence-corrected chi connectivity index (χ4v) is 1.48. The predicted octanol–water partition coefficient (Wildman–Crippen LogP) is 1.20. The van der Waals surface area contributed by atoms with Crippen molar-refractivity contribution in [2.45, 2.75) is 6.42 Å². The van der Waals surface area contributed by atoms with Crippen LogP contribution >= 0.6 is 0 Å². The van der Waals surface area contributed by atoms with Crippen LogP contribution in [0.4, 0.5) is 5.69 Å². The number of aromatic nitrogens is 2. The zero-order valence-corrected chi connectivity index (χ0v) is 9.18. The van der Waals surface area contributed by atoms with Gasteiger partial charge in [0, 0.05) is 42.9 Å². The Morgan fingerprint density at radius 2 is 2.35 bits per heavy atom. The van der Waals surface area contributed by atoms with Crippen LogP contribution in [0.3, 0.4) is 0 Å². The van der Waals surface area contributed by atoms with Crippen LogP contribution in [0.2, 0.25) is 0 Å². The van der Waals surface area contributed by atoms with Gasteiger partial charge in [0.25, 0.3) is 5.91 Å². The van der Waals surface area contributed by atoms with Crippen LogP contribution in [-0.2, 0) is 6.42 Å². The standard InChI is InChI=1S/C12H13N3O2/c16-6-3-10-7-9(1-5-14-10)12(17)15-11-2-4-13-8-11/h1-2,4-5,7-8,13,16H,3,6H2,(H,15,17). The van der Waals surface area contributed by atoms with Crippen molar-refractivity contribution in [1.82, 2.24) is 9.97 Å². The third-order valence-corrected chi connectivity index (χ3v) is 2.30. The largest absolute Gasteiger partial charge is 0.396 e. The topological polar surface area (TPSA) is 78.0 Å². The average molecular weight is 231 g/mol. The number of carbonyl (C=O) groups is 1. The second-order valence-electron chi connectivity index (χ2n) is 3.56. The summed E-state index contributed by atoms with van der Waals surface area (Å²) in [5.41, 5.74) is 1.95. The Bertz CT molecular complexity index is 494. The van der Waals surface area contributed by atoms with Gasteiger partial charge in [0.15, 0.2) is 0 Å². The first-order chi connectivity index (χ1) is 8.29. The maximum Gasteiger partial charge on any atom is 0.255 e. The third kappa shape index (κ3) is 2.92. The van der Waals surface area contributed by atoms with Gasteiger partial charge in [0.1, 0.15) is 0 Å². The smallest absolute Gasteiger partial charge is 0.255 e. The summed E-state index contributed by atoms with van der Waals surface area (Å²) in [5.74, 6) is -0.189. The number of carbonyl (C=O) groups excluding carboxylic acids is 1. The summed E-state index contributed by atoms with van der Waals surface area (Å²) in [6.07, 6.45) is 5.45. The number of nitrogens with one attached hydrogen (secondary N) is 2. The van der Waals surface area contributed by atoms with Gasteiger partial charge < -0.3 is 15.4 Å². The molecule has 0 bridgehead atoms. The van der Waals surface area contributed by atoms with Crippen molar-refractivity contribution < 1.29 is 9.90 Å². The number of nitrogens with zero attached hydrogens (tertiary/aromatic N) is 1. The number of pyridine rings is 1. The van der Waals surface area contributed by atoms with Gasteiger partial charge >= 0.3 is 0 Å². The SMILES string of the molecule is O=C(Nc1cc[nH]c1)c1ccnc(CCO)c1. The predicted molar refractivity (Wildman–Crippen MR) is 63.8 cm³/mol. The molecule has 2 aromatic rings. The maximum absolute atomic E-state index is 11.9. The highest BCUT2D eigenvalue weighted by molar-refractivity contribution is 6.04. The maximum atomic E-state index is 11.9. The van der Waals surface area contributed by atoms with Crippen molar-refractivity contribution in [3.8, 4) is 0 Å². The molecule has 0 saturated carbocycles. The fourth-order valence-electron chi connectivity index (χ4n) is 1.48. The van der Waals surface area contributed by atoms with Gasteiger partial charge in [0.05, 0.1) is 5.69 Å². The highest BCUT2D eigenvalue weighted by Gasteiger charge is 2.07. The van der Waals surface area contributed by atoms with E-state index in [1.807, 2.05) is 0 Å². The summed E-state index contributed by atoms with van der Waals surface area (Å²) in [4.78, 5) is 18.8. The number of H-pyrrole nitrogens is 1. The molecule has 88 valence electrons. The first-order valence-electron chi connectivity index (χ1n) is 5.29. The van der Waals surface area contributed by atoms with Gasteiger partial charge in [-0.25, -0.2) is 0 Å². The van der Waals surface area contributed by atoms with E-state index in [-0.39, 0.29) is 12.5 Å². The zero-order valence-electron chi connectivity index (χ0n) is 9.18. The van der Waals surface area contributed by atoms with E-state index in [0.717, 1.165) is 5.69 Å². The number of aromatic amines is 1. The van der Waals surface area contributed by atoms with Crippen molar-refractivity contribution in [2.24, 2.45) is 0 Å². The van der Waals surface area contributed by atoms with E-state index in [1.165, 1.54) is 0 Å². The molecule has 2 rings (SSSR count). The Morgan fingerprint density at radius 1 is 1.47 bits per heavy atom. The number of aliphatic hydroxyl groups excluding tert-OH is 1. The van der Waals surface area contributed by atoms with Gasteiger partial charge in [-0.1, -0.05) is 0 Å². The van der Waals surface area contributed by atoms with Gasteiger partial charge in [-0.15, -0.1) is 0 Å². The van der Waals surface area contributed by atoms with Gasteiger partial charge in [0.2, 0.25) is 0 Å². The molecule has 0 spiro atoms. The summed E-state index contributed by atoms with van der Waals surface area (Å²) in [6.45, 7) is 0.0237. The number of rotatable bonds is 4. The summed E-state index contributed by atoms with van der Waals surface area (Å²) < 4.78 is 0. The number of anilines is 1. The Balaban J connectivity index is 2.11. The molecule has 3 N–H and O–H groups in total. The lowest BCUT2D eigenvalue weighted by atomic mass is 10.2. The number of amides is 1. The van der Waals surface area contributed by atoms with Crippen LogP contribution in [0, 0.1) is 0 Å². The number of hydrogen-bond acceptors (Lipinski definition) is 3. The minimum Gasteiger partial charge on any atom is -0.396 e. The zero-order chi connectivity index (χ0) is 12.1. The lowest BCUT2D eigenvalue weighted by Gasteiger charge is -2.04. The third-order valence-electron chi connectivity index (χ3n) is 2.30. The van der Waals surface area contributed by atoms with E-state index in [2.05, 4.69) is 15.3 Å². The summed E-state index contributed by atoms with van der Waals surface area (Å²) in [5, 5.41) is 11.6. The molecule has 0 radical (unpaired) electrons. The van der Waals surface area contributed by atoms with Crippen molar-refractivity contribution >= 4 is 11.6 Å². The Morgan fingerprint density at radius 3 is 3.06 bits per heavy atom. The Labute approximate surface area is 98.5 Å². The molecule has 5 heteroatoms. The molecule has 0 fully saturated rings. The van der Waals surface area contributed by atoms with E-state index in [1.54, 1.807) is 36.8 Å². The van der Waals surface area contributed by atoms with E-state index in [4.69, 9.17) is 5.11 Å². The second kappa shape index (κ2) is 5.27. The van der Waals surface area contributed by atoms with Gasteiger partial charge in [-0.3, -0.25) is 9.78 Å². The van der Waals surface area contributed by atoms with Gasteiger partial charge in [-0.05, 0) is 18.2 Å². The van der Waals surface area contributed by atoms with E-state index >= 15 is 0 Å². The summed E-state index contributed by atoms with van der Waals surface area (Å²) in [6, 6.07) is 5.09. The molecule has 0 aliphatic carbocycles. The second-order valence-corrected chi connectivity index (χ2v) is 3.56. The number of hydrogen-bond donors (Lipinski definition) is 3. The van der Waals surface area contributed by atoms with Crippen LogP contribution in [-0.4, -0.2) is 27.6 Å². The molecule has 0 aromatic carbocycles. The van der Waals surface area contributed by atoms with Crippen LogP contribution in [0.5, 0.6) is 0 Å². The monoisotopic (exact) mass is 231 g/mol. The van der Waals surface area contributed by atoms with Crippen LogP contribution in [0.25, 0.3) is 0 Å². The highest BCUT2D eigenvalue weighted by atomic mass is 16.3. The van der Waals surface area contributed by atoms with Crippen molar-refractivity contribution in [2.75, 3.05) is 11.9 Å². The normalized spacial score (nSPS) is 10.2. The lowest BCUT2D eigenvalue weighted by molar-refractivity contribution is 0.102. The van der Waals surface area contributed by atoms with Crippen LogP contribution < -0.4 is 5.32 Å². The van der Waals surface area contributed by atoms with E-state index in [0.29, 0.717) is 17.7 Å². The summed E-state index contributed by atoms with van der Waals surface area (Å²) in [7, 11) is 0. The Hall–Kier alpha value is -2.14. The van der Waals surface area contributed by atoms with Crippen LogP contribution in [0.15, 0.2) is 36.8 Å². The molecule has 17 heavy (non-hydrogen) atoms. The minimum absolute atomic E-state index is 0.0237. The first kappa shape index (κ1) is 11.3. The lowest BCUT2D eigenvalue weighted by Crippen LogP contribution is -2.12. The minimum atomic E-state index is -0.189.